The Bertz CT molecular complexity index is 447. The number of aromatic nitrogens is 2. The van der Waals surface area contributed by atoms with Gasteiger partial charge >= 0.3 is 0 Å². The van der Waals surface area contributed by atoms with Crippen molar-refractivity contribution in [2.45, 2.75) is 44.5 Å². The van der Waals surface area contributed by atoms with Crippen LogP contribution >= 0.6 is 11.8 Å². The Labute approximate surface area is 119 Å². The molecule has 2 heterocycles. The van der Waals surface area contributed by atoms with Gasteiger partial charge in [0.05, 0.1) is 0 Å². The van der Waals surface area contributed by atoms with Crippen LogP contribution in [0.4, 0.5) is 5.95 Å². The van der Waals surface area contributed by atoms with E-state index < -0.39 is 0 Å². The van der Waals surface area contributed by atoms with Crippen LogP contribution in [0.1, 0.15) is 31.0 Å². The number of nitrogens with zero attached hydrogens (tertiary/aromatic N) is 3. The summed E-state index contributed by atoms with van der Waals surface area (Å²) in [6, 6.07) is 0.735. The molecule has 1 saturated heterocycles. The van der Waals surface area contributed by atoms with Gasteiger partial charge in [-0.05, 0) is 19.8 Å². The van der Waals surface area contributed by atoms with Crippen LogP contribution in [0.2, 0.25) is 0 Å². The van der Waals surface area contributed by atoms with Crippen LogP contribution in [0.25, 0.3) is 0 Å². The zero-order valence-corrected chi connectivity index (χ0v) is 12.5. The zero-order chi connectivity index (χ0) is 13.2. The Balaban J connectivity index is 1.67. The summed E-state index contributed by atoms with van der Waals surface area (Å²) in [4.78, 5) is 11.6. The van der Waals surface area contributed by atoms with Crippen molar-refractivity contribution in [2.75, 3.05) is 23.7 Å². The molecular formula is C14H22N4S. The largest absolute Gasteiger partial charge is 0.339 e. The van der Waals surface area contributed by atoms with Gasteiger partial charge in [0, 0.05) is 54.1 Å². The molecule has 2 fully saturated rings. The highest BCUT2D eigenvalue weighted by molar-refractivity contribution is 8.00. The molecule has 0 bridgehead atoms. The number of rotatable bonds is 4. The van der Waals surface area contributed by atoms with Crippen LogP contribution in [0.5, 0.6) is 0 Å². The van der Waals surface area contributed by atoms with Gasteiger partial charge in [-0.15, -0.1) is 0 Å². The molecule has 1 aliphatic heterocycles. The monoisotopic (exact) mass is 278 g/mol. The average Bonchev–Trinajstić information content (AvgIpc) is 3.21. The van der Waals surface area contributed by atoms with E-state index >= 15 is 0 Å². The van der Waals surface area contributed by atoms with E-state index in [0.29, 0.717) is 5.25 Å². The van der Waals surface area contributed by atoms with Crippen molar-refractivity contribution in [3.05, 3.63) is 17.5 Å². The summed E-state index contributed by atoms with van der Waals surface area (Å²) in [5.74, 6) is 2.08. The van der Waals surface area contributed by atoms with Gasteiger partial charge in [-0.25, -0.2) is 9.97 Å². The Morgan fingerprint density at radius 2 is 2.32 bits per heavy atom. The lowest BCUT2D eigenvalue weighted by molar-refractivity contribution is 0.676. The minimum Gasteiger partial charge on any atom is -0.339 e. The average molecular weight is 278 g/mol. The third-order valence-corrected chi connectivity index (χ3v) is 4.89. The maximum atomic E-state index is 4.70. The number of anilines is 1. The zero-order valence-electron chi connectivity index (χ0n) is 11.7. The summed E-state index contributed by atoms with van der Waals surface area (Å²) in [7, 11) is 0. The molecule has 19 heavy (non-hydrogen) atoms. The smallest absolute Gasteiger partial charge is 0.225 e. The molecule has 1 N–H and O–H groups in total. The van der Waals surface area contributed by atoms with Crippen molar-refractivity contribution in [3.8, 4) is 0 Å². The van der Waals surface area contributed by atoms with Crippen LogP contribution < -0.4 is 10.2 Å². The molecule has 2 aliphatic rings. The second-order valence-electron chi connectivity index (χ2n) is 5.56. The van der Waals surface area contributed by atoms with E-state index in [1.807, 2.05) is 18.0 Å². The van der Waals surface area contributed by atoms with E-state index in [4.69, 9.17) is 4.98 Å². The summed E-state index contributed by atoms with van der Waals surface area (Å²) in [6.45, 7) is 7.40. The fourth-order valence-electron chi connectivity index (χ4n) is 2.35. The lowest BCUT2D eigenvalue weighted by atomic mass is 10.2. The molecule has 104 valence electrons. The Hall–Kier alpha value is -0.810. The molecule has 1 aromatic rings. The molecule has 1 aromatic heterocycles. The molecule has 3 rings (SSSR count). The van der Waals surface area contributed by atoms with Gasteiger partial charge < -0.3 is 10.2 Å². The molecule has 0 aromatic carbocycles. The Morgan fingerprint density at radius 3 is 3.00 bits per heavy atom. The Kier molecular flexibility index (Phi) is 3.93. The van der Waals surface area contributed by atoms with Gasteiger partial charge in [0.25, 0.3) is 0 Å². The van der Waals surface area contributed by atoms with E-state index in [1.165, 1.54) is 24.2 Å². The summed E-state index contributed by atoms with van der Waals surface area (Å²) in [5.41, 5.74) is 2.35. The van der Waals surface area contributed by atoms with Crippen LogP contribution in [-0.4, -0.2) is 40.1 Å². The second-order valence-corrected chi connectivity index (χ2v) is 7.11. The van der Waals surface area contributed by atoms with Gasteiger partial charge in [0.15, 0.2) is 0 Å². The SMILES string of the molecule is Cc1nc(N2CCSC(C)C2)ncc1CNC1CC1. The molecule has 1 unspecified atom stereocenters. The topological polar surface area (TPSA) is 41.1 Å². The van der Waals surface area contributed by atoms with Crippen molar-refractivity contribution in [2.24, 2.45) is 0 Å². The molecule has 1 aliphatic carbocycles. The summed E-state index contributed by atoms with van der Waals surface area (Å²) < 4.78 is 0. The second kappa shape index (κ2) is 5.67. The highest BCUT2D eigenvalue weighted by Gasteiger charge is 2.21. The van der Waals surface area contributed by atoms with E-state index in [-0.39, 0.29) is 0 Å². The fourth-order valence-corrected chi connectivity index (χ4v) is 3.36. The first-order valence-corrected chi connectivity index (χ1v) is 8.19. The number of hydrogen-bond donors (Lipinski definition) is 1. The van der Waals surface area contributed by atoms with E-state index in [2.05, 4.69) is 29.0 Å². The summed E-state index contributed by atoms with van der Waals surface area (Å²) in [6.07, 6.45) is 4.64. The van der Waals surface area contributed by atoms with Crippen molar-refractivity contribution < 1.29 is 0 Å². The van der Waals surface area contributed by atoms with Crippen molar-refractivity contribution in [3.63, 3.8) is 0 Å². The highest BCUT2D eigenvalue weighted by Crippen LogP contribution is 2.22. The van der Waals surface area contributed by atoms with E-state index in [9.17, 15) is 0 Å². The van der Waals surface area contributed by atoms with Crippen LogP contribution in [0.3, 0.4) is 0 Å². The van der Waals surface area contributed by atoms with Crippen LogP contribution in [-0.2, 0) is 6.54 Å². The molecule has 0 amide bonds. The predicted molar refractivity (Wildman–Crippen MR) is 80.8 cm³/mol. The highest BCUT2D eigenvalue weighted by atomic mass is 32.2. The predicted octanol–water partition coefficient (Wildman–Crippen LogP) is 1.98. The number of aryl methyl sites for hydroxylation is 1. The third-order valence-electron chi connectivity index (χ3n) is 3.75. The maximum absolute atomic E-state index is 4.70. The Morgan fingerprint density at radius 1 is 1.47 bits per heavy atom. The molecule has 5 heteroatoms. The van der Waals surface area contributed by atoms with Gasteiger partial charge in [0.1, 0.15) is 0 Å². The molecule has 0 radical (unpaired) electrons. The normalized spacial score (nSPS) is 23.7. The van der Waals surface area contributed by atoms with Crippen molar-refractivity contribution in [1.29, 1.82) is 0 Å². The molecule has 1 saturated carbocycles. The standard InChI is InChI=1S/C14H22N4S/c1-10-9-18(5-6-19-10)14-16-8-12(11(2)17-14)7-15-13-3-4-13/h8,10,13,15H,3-7,9H2,1-2H3. The van der Waals surface area contributed by atoms with Gasteiger partial charge in [-0.3, -0.25) is 0 Å². The van der Waals surface area contributed by atoms with E-state index in [1.54, 1.807) is 0 Å². The molecule has 1 atom stereocenters. The van der Waals surface area contributed by atoms with Gasteiger partial charge in [-0.2, -0.15) is 11.8 Å². The molecular weight excluding hydrogens is 256 g/mol. The van der Waals surface area contributed by atoms with Gasteiger partial charge in [-0.1, -0.05) is 6.92 Å². The number of hydrogen-bond acceptors (Lipinski definition) is 5. The van der Waals surface area contributed by atoms with Gasteiger partial charge in [0.2, 0.25) is 5.95 Å². The summed E-state index contributed by atoms with van der Waals surface area (Å²) in [5, 5.41) is 4.20. The first-order chi connectivity index (χ1) is 9.22. The number of thioether (sulfide) groups is 1. The maximum Gasteiger partial charge on any atom is 0.225 e. The number of nitrogens with one attached hydrogen (secondary N) is 1. The lowest BCUT2D eigenvalue weighted by Crippen LogP contribution is -2.37. The third kappa shape index (κ3) is 3.39. The first kappa shape index (κ1) is 13.2. The van der Waals surface area contributed by atoms with E-state index in [0.717, 1.165) is 37.3 Å². The quantitative estimate of drug-likeness (QED) is 0.912. The lowest BCUT2D eigenvalue weighted by Gasteiger charge is -2.30. The first-order valence-electron chi connectivity index (χ1n) is 7.15. The molecule has 0 spiro atoms. The van der Waals surface area contributed by atoms with Crippen molar-refractivity contribution in [1.82, 2.24) is 15.3 Å². The summed E-state index contributed by atoms with van der Waals surface area (Å²) >= 11 is 2.03. The fraction of sp³-hybridized carbons (Fsp3) is 0.714. The molecule has 4 nitrogen and oxygen atoms in total. The minimum absolute atomic E-state index is 0.675. The van der Waals surface area contributed by atoms with Crippen LogP contribution in [0, 0.1) is 6.92 Å². The van der Waals surface area contributed by atoms with Crippen LogP contribution in [0.15, 0.2) is 6.20 Å². The minimum atomic E-state index is 0.675. The van der Waals surface area contributed by atoms with Crippen molar-refractivity contribution >= 4 is 17.7 Å².